The van der Waals surface area contributed by atoms with E-state index in [1.807, 2.05) is 37.3 Å². The fourth-order valence-corrected chi connectivity index (χ4v) is 2.49. The largest absolute Gasteiger partial charge is 0.493 e. The van der Waals surface area contributed by atoms with Crippen LogP contribution in [0.15, 0.2) is 42.5 Å². The first-order valence-electron chi connectivity index (χ1n) is 8.26. The van der Waals surface area contributed by atoms with Gasteiger partial charge in [-0.3, -0.25) is 9.59 Å². The summed E-state index contributed by atoms with van der Waals surface area (Å²) >= 11 is 0. The summed E-state index contributed by atoms with van der Waals surface area (Å²) in [6.07, 6.45) is 0. The predicted octanol–water partition coefficient (Wildman–Crippen LogP) is 3.00. The summed E-state index contributed by atoms with van der Waals surface area (Å²) < 4.78 is 10.5. The number of rotatable bonds is 7. The van der Waals surface area contributed by atoms with Crippen LogP contribution in [0.4, 0.5) is 5.69 Å². The van der Waals surface area contributed by atoms with Gasteiger partial charge in [0.25, 0.3) is 0 Å². The van der Waals surface area contributed by atoms with E-state index in [9.17, 15) is 9.59 Å². The molecule has 0 aliphatic carbocycles. The van der Waals surface area contributed by atoms with Crippen molar-refractivity contribution in [1.82, 2.24) is 4.90 Å². The lowest BCUT2D eigenvalue weighted by Gasteiger charge is -2.21. The van der Waals surface area contributed by atoms with Crippen LogP contribution in [-0.2, 0) is 16.1 Å². The number of methoxy groups -OCH3 is 2. The Hall–Kier alpha value is -3.02. The number of carbonyl (C=O) groups is 2. The van der Waals surface area contributed by atoms with Crippen molar-refractivity contribution in [2.75, 3.05) is 26.1 Å². The molecule has 0 aliphatic heterocycles. The quantitative estimate of drug-likeness (QED) is 0.828. The SMILES string of the molecule is COc1ccc(CN(CC(=O)Nc2ccc(C)cc2)C(C)=O)cc1OC. The van der Waals surface area contributed by atoms with Gasteiger partial charge in [0.1, 0.15) is 6.54 Å². The van der Waals surface area contributed by atoms with Gasteiger partial charge in [-0.2, -0.15) is 0 Å². The monoisotopic (exact) mass is 356 g/mol. The van der Waals surface area contributed by atoms with E-state index in [-0.39, 0.29) is 18.4 Å². The lowest BCUT2D eigenvalue weighted by atomic mass is 10.2. The molecule has 138 valence electrons. The number of nitrogens with zero attached hydrogens (tertiary/aromatic N) is 1. The van der Waals surface area contributed by atoms with E-state index in [2.05, 4.69) is 5.32 Å². The number of benzene rings is 2. The zero-order chi connectivity index (χ0) is 19.1. The first kappa shape index (κ1) is 19.3. The van der Waals surface area contributed by atoms with E-state index < -0.39 is 0 Å². The summed E-state index contributed by atoms with van der Waals surface area (Å²) in [7, 11) is 3.12. The zero-order valence-electron chi connectivity index (χ0n) is 15.5. The van der Waals surface area contributed by atoms with Gasteiger partial charge in [-0.05, 0) is 36.8 Å². The van der Waals surface area contributed by atoms with Crippen LogP contribution >= 0.6 is 0 Å². The molecule has 2 rings (SSSR count). The molecule has 1 N–H and O–H groups in total. The van der Waals surface area contributed by atoms with Crippen LogP contribution in [0.1, 0.15) is 18.1 Å². The number of nitrogens with one attached hydrogen (secondary N) is 1. The minimum atomic E-state index is -0.246. The standard InChI is InChI=1S/C20H24N2O4/c1-14-5-8-17(9-6-14)21-20(24)13-22(15(2)23)12-16-7-10-18(25-3)19(11-16)26-4/h5-11H,12-13H2,1-4H3,(H,21,24). The lowest BCUT2D eigenvalue weighted by Crippen LogP contribution is -2.36. The van der Waals surface area contributed by atoms with Gasteiger partial charge < -0.3 is 19.7 Å². The van der Waals surface area contributed by atoms with Crippen molar-refractivity contribution < 1.29 is 19.1 Å². The van der Waals surface area contributed by atoms with E-state index in [4.69, 9.17) is 9.47 Å². The second kappa shape index (κ2) is 8.89. The Morgan fingerprint density at radius 2 is 1.65 bits per heavy atom. The highest BCUT2D eigenvalue weighted by molar-refractivity contribution is 5.94. The highest BCUT2D eigenvalue weighted by Gasteiger charge is 2.15. The highest BCUT2D eigenvalue weighted by Crippen LogP contribution is 2.28. The number of anilines is 1. The normalized spacial score (nSPS) is 10.2. The summed E-state index contributed by atoms with van der Waals surface area (Å²) in [6.45, 7) is 3.70. The van der Waals surface area contributed by atoms with Crippen LogP contribution in [0.2, 0.25) is 0 Å². The molecular weight excluding hydrogens is 332 g/mol. The second-order valence-corrected chi connectivity index (χ2v) is 5.98. The van der Waals surface area contributed by atoms with Crippen molar-refractivity contribution in [2.24, 2.45) is 0 Å². The van der Waals surface area contributed by atoms with E-state index in [1.54, 1.807) is 26.4 Å². The average Bonchev–Trinajstić information content (AvgIpc) is 2.62. The van der Waals surface area contributed by atoms with Crippen molar-refractivity contribution in [3.05, 3.63) is 53.6 Å². The summed E-state index contributed by atoms with van der Waals surface area (Å²) in [5.41, 5.74) is 2.66. The Bertz CT molecular complexity index is 772. The molecule has 0 saturated heterocycles. The van der Waals surface area contributed by atoms with Crippen LogP contribution in [0.3, 0.4) is 0 Å². The maximum Gasteiger partial charge on any atom is 0.244 e. The average molecular weight is 356 g/mol. The number of ether oxygens (including phenoxy) is 2. The fourth-order valence-electron chi connectivity index (χ4n) is 2.49. The number of carbonyl (C=O) groups excluding carboxylic acids is 2. The number of amides is 2. The lowest BCUT2D eigenvalue weighted by molar-refractivity contribution is -0.133. The molecule has 0 saturated carbocycles. The molecular formula is C20H24N2O4. The molecule has 0 heterocycles. The molecule has 0 bridgehead atoms. The molecule has 6 heteroatoms. The van der Waals surface area contributed by atoms with Crippen molar-refractivity contribution >= 4 is 17.5 Å². The zero-order valence-corrected chi connectivity index (χ0v) is 15.5. The van der Waals surface area contributed by atoms with Gasteiger partial charge in [0.05, 0.1) is 14.2 Å². The van der Waals surface area contributed by atoms with E-state index in [0.29, 0.717) is 23.7 Å². The van der Waals surface area contributed by atoms with Gasteiger partial charge in [0, 0.05) is 19.2 Å². The molecule has 0 aromatic heterocycles. The molecule has 0 unspecified atom stereocenters. The third kappa shape index (κ3) is 5.24. The van der Waals surface area contributed by atoms with Crippen LogP contribution < -0.4 is 14.8 Å². The summed E-state index contributed by atoms with van der Waals surface area (Å²) in [5, 5.41) is 2.80. The summed E-state index contributed by atoms with van der Waals surface area (Å²) in [4.78, 5) is 25.7. The first-order valence-corrected chi connectivity index (χ1v) is 8.26. The van der Waals surface area contributed by atoms with E-state index >= 15 is 0 Å². The molecule has 0 fully saturated rings. The fraction of sp³-hybridized carbons (Fsp3) is 0.300. The molecule has 2 aromatic carbocycles. The maximum atomic E-state index is 12.3. The third-order valence-corrected chi connectivity index (χ3v) is 3.94. The number of aryl methyl sites for hydroxylation is 1. The molecule has 2 aromatic rings. The van der Waals surface area contributed by atoms with Crippen molar-refractivity contribution in [3.8, 4) is 11.5 Å². The van der Waals surface area contributed by atoms with Crippen LogP contribution in [0, 0.1) is 6.92 Å². The molecule has 0 aliphatic rings. The first-order chi connectivity index (χ1) is 12.4. The van der Waals surface area contributed by atoms with Crippen LogP contribution in [0.5, 0.6) is 11.5 Å². The predicted molar refractivity (Wildman–Crippen MR) is 100 cm³/mol. The Morgan fingerprint density at radius 1 is 1.00 bits per heavy atom. The number of hydrogen-bond donors (Lipinski definition) is 1. The maximum absolute atomic E-state index is 12.3. The summed E-state index contributed by atoms with van der Waals surface area (Å²) in [5.74, 6) is 0.767. The second-order valence-electron chi connectivity index (χ2n) is 5.98. The minimum Gasteiger partial charge on any atom is -0.493 e. The van der Waals surface area contributed by atoms with Gasteiger partial charge in [-0.15, -0.1) is 0 Å². The molecule has 0 radical (unpaired) electrons. The van der Waals surface area contributed by atoms with Crippen LogP contribution in [0.25, 0.3) is 0 Å². The van der Waals surface area contributed by atoms with E-state index in [0.717, 1.165) is 11.1 Å². The Labute approximate surface area is 153 Å². The molecule has 26 heavy (non-hydrogen) atoms. The van der Waals surface area contributed by atoms with Gasteiger partial charge in [-0.25, -0.2) is 0 Å². The van der Waals surface area contributed by atoms with Gasteiger partial charge in [0.15, 0.2) is 11.5 Å². The topological polar surface area (TPSA) is 67.9 Å². The van der Waals surface area contributed by atoms with Crippen molar-refractivity contribution in [3.63, 3.8) is 0 Å². The minimum absolute atomic E-state index is 0.0302. The van der Waals surface area contributed by atoms with Gasteiger partial charge in [0.2, 0.25) is 11.8 Å². The Kier molecular flexibility index (Phi) is 6.60. The molecule has 6 nitrogen and oxygen atoms in total. The molecule has 2 amide bonds. The summed E-state index contributed by atoms with van der Waals surface area (Å²) in [6, 6.07) is 12.9. The van der Waals surface area contributed by atoms with Crippen LogP contribution in [-0.4, -0.2) is 37.5 Å². The third-order valence-electron chi connectivity index (χ3n) is 3.94. The molecule has 0 spiro atoms. The Balaban J connectivity index is 2.05. The molecule has 0 atom stereocenters. The highest BCUT2D eigenvalue weighted by atomic mass is 16.5. The Morgan fingerprint density at radius 3 is 2.23 bits per heavy atom. The number of hydrogen-bond acceptors (Lipinski definition) is 4. The van der Waals surface area contributed by atoms with E-state index in [1.165, 1.54) is 11.8 Å². The smallest absolute Gasteiger partial charge is 0.244 e. The van der Waals surface area contributed by atoms with Gasteiger partial charge in [-0.1, -0.05) is 23.8 Å². The van der Waals surface area contributed by atoms with Crippen molar-refractivity contribution in [2.45, 2.75) is 20.4 Å². The van der Waals surface area contributed by atoms with Crippen molar-refractivity contribution in [1.29, 1.82) is 0 Å². The van der Waals surface area contributed by atoms with Gasteiger partial charge >= 0.3 is 0 Å².